The van der Waals surface area contributed by atoms with E-state index < -0.39 is 0 Å². The summed E-state index contributed by atoms with van der Waals surface area (Å²) in [6, 6.07) is 8.17. The highest BCUT2D eigenvalue weighted by Gasteiger charge is 2.19. The Balaban J connectivity index is 2.06. The van der Waals surface area contributed by atoms with E-state index in [-0.39, 0.29) is 6.61 Å². The van der Waals surface area contributed by atoms with Gasteiger partial charge in [-0.3, -0.25) is 0 Å². The summed E-state index contributed by atoms with van der Waals surface area (Å²) in [7, 11) is 1.69. The smallest absolute Gasteiger partial charge is 0.119 e. The Morgan fingerprint density at radius 3 is 3.00 bits per heavy atom. The Morgan fingerprint density at radius 2 is 2.28 bits per heavy atom. The lowest BCUT2D eigenvalue weighted by atomic mass is 10.2. The van der Waals surface area contributed by atoms with Crippen molar-refractivity contribution in [3.63, 3.8) is 0 Å². The van der Waals surface area contributed by atoms with E-state index in [0.717, 1.165) is 24.6 Å². The largest absolute Gasteiger partial charge is 0.497 e. The monoisotopic (exact) mass is 265 g/mol. The van der Waals surface area contributed by atoms with E-state index in [4.69, 9.17) is 9.84 Å². The van der Waals surface area contributed by atoms with Crippen molar-refractivity contribution in [1.29, 1.82) is 0 Å². The highest BCUT2D eigenvalue weighted by molar-refractivity contribution is 8.03. The van der Waals surface area contributed by atoms with E-state index in [2.05, 4.69) is 24.0 Å². The SMILES string of the molecule is COc1cccc(CN2CSC(CCO)=C2C)c1. The predicted molar refractivity (Wildman–Crippen MR) is 75.4 cm³/mol. The summed E-state index contributed by atoms with van der Waals surface area (Å²) in [6.07, 6.45) is 0.769. The van der Waals surface area contributed by atoms with Crippen molar-refractivity contribution in [2.45, 2.75) is 19.9 Å². The third kappa shape index (κ3) is 3.00. The zero-order valence-electron chi connectivity index (χ0n) is 10.8. The molecule has 0 fully saturated rings. The van der Waals surface area contributed by atoms with Crippen molar-refractivity contribution in [1.82, 2.24) is 4.90 Å². The summed E-state index contributed by atoms with van der Waals surface area (Å²) in [4.78, 5) is 3.64. The van der Waals surface area contributed by atoms with Crippen molar-refractivity contribution < 1.29 is 9.84 Å². The predicted octanol–water partition coefficient (Wildman–Crippen LogP) is 2.82. The number of ether oxygens (including phenoxy) is 1. The fraction of sp³-hybridized carbons (Fsp3) is 0.429. The second-order valence-corrected chi connectivity index (χ2v) is 5.34. The molecule has 1 aromatic rings. The van der Waals surface area contributed by atoms with Gasteiger partial charge in [-0.2, -0.15) is 0 Å². The number of aliphatic hydroxyl groups is 1. The minimum atomic E-state index is 0.229. The van der Waals surface area contributed by atoms with E-state index in [9.17, 15) is 0 Å². The summed E-state index contributed by atoms with van der Waals surface area (Å²) in [5.74, 6) is 1.87. The van der Waals surface area contributed by atoms with Crippen LogP contribution >= 0.6 is 11.8 Å². The molecule has 3 nitrogen and oxygen atoms in total. The van der Waals surface area contributed by atoms with Crippen LogP contribution < -0.4 is 4.74 Å². The molecule has 98 valence electrons. The van der Waals surface area contributed by atoms with Gasteiger partial charge in [0.25, 0.3) is 0 Å². The zero-order valence-corrected chi connectivity index (χ0v) is 11.7. The third-order valence-corrected chi connectivity index (χ3v) is 4.41. The molecule has 1 heterocycles. The number of thioether (sulfide) groups is 1. The van der Waals surface area contributed by atoms with Crippen LogP contribution in [0.1, 0.15) is 18.9 Å². The van der Waals surface area contributed by atoms with Gasteiger partial charge < -0.3 is 14.7 Å². The Morgan fingerprint density at radius 1 is 1.44 bits per heavy atom. The molecule has 4 heteroatoms. The van der Waals surface area contributed by atoms with Gasteiger partial charge in [0.2, 0.25) is 0 Å². The lowest BCUT2D eigenvalue weighted by Gasteiger charge is -2.19. The average molecular weight is 265 g/mol. The van der Waals surface area contributed by atoms with Gasteiger partial charge in [-0.1, -0.05) is 12.1 Å². The normalized spacial score (nSPS) is 15.4. The van der Waals surface area contributed by atoms with Crippen LogP contribution in [0.5, 0.6) is 5.75 Å². The van der Waals surface area contributed by atoms with E-state index >= 15 is 0 Å². The van der Waals surface area contributed by atoms with Crippen LogP contribution in [0.4, 0.5) is 0 Å². The van der Waals surface area contributed by atoms with E-state index in [1.54, 1.807) is 7.11 Å². The van der Waals surface area contributed by atoms with Crippen molar-refractivity contribution >= 4 is 11.8 Å². The Bertz CT molecular complexity index is 445. The summed E-state index contributed by atoms with van der Waals surface area (Å²) in [6.45, 7) is 3.25. The lowest BCUT2D eigenvalue weighted by Crippen LogP contribution is -2.17. The molecule has 1 aromatic carbocycles. The van der Waals surface area contributed by atoms with Gasteiger partial charge in [-0.25, -0.2) is 0 Å². The van der Waals surface area contributed by atoms with Gasteiger partial charge in [0.1, 0.15) is 5.75 Å². The number of nitrogens with zero attached hydrogens (tertiary/aromatic N) is 1. The van der Waals surface area contributed by atoms with Crippen molar-refractivity contribution in [2.75, 3.05) is 19.6 Å². The molecule has 1 N–H and O–H groups in total. The third-order valence-electron chi connectivity index (χ3n) is 3.12. The van der Waals surface area contributed by atoms with Crippen LogP contribution in [0.25, 0.3) is 0 Å². The highest BCUT2D eigenvalue weighted by Crippen LogP contribution is 2.34. The fourth-order valence-electron chi connectivity index (χ4n) is 2.04. The Hall–Kier alpha value is -1.13. The molecule has 0 amide bonds. The number of allylic oxidation sites excluding steroid dienone is 1. The van der Waals surface area contributed by atoms with Crippen LogP contribution in [0.3, 0.4) is 0 Å². The Kier molecular flexibility index (Phi) is 4.55. The number of rotatable bonds is 5. The standard InChI is InChI=1S/C14H19NO2S/c1-11-14(6-7-16)18-10-15(11)9-12-4-3-5-13(8-12)17-2/h3-5,8,16H,6-7,9-10H2,1-2H3. The molecule has 0 radical (unpaired) electrons. The molecule has 18 heavy (non-hydrogen) atoms. The maximum Gasteiger partial charge on any atom is 0.119 e. The summed E-state index contributed by atoms with van der Waals surface area (Å²) in [5, 5.41) is 9.01. The average Bonchev–Trinajstić information content (AvgIpc) is 2.72. The number of hydrogen-bond acceptors (Lipinski definition) is 4. The molecular formula is C14H19NO2S. The number of aliphatic hydroxyl groups excluding tert-OH is 1. The quantitative estimate of drug-likeness (QED) is 0.887. The molecule has 1 aliphatic heterocycles. The maximum atomic E-state index is 9.01. The molecule has 0 atom stereocenters. The molecule has 0 saturated heterocycles. The molecule has 0 spiro atoms. The number of methoxy groups -OCH3 is 1. The first-order chi connectivity index (χ1) is 8.74. The van der Waals surface area contributed by atoms with Crippen LogP contribution in [0.15, 0.2) is 34.9 Å². The molecule has 0 unspecified atom stereocenters. The van der Waals surface area contributed by atoms with Crippen molar-refractivity contribution in [3.05, 3.63) is 40.4 Å². The minimum absolute atomic E-state index is 0.229. The molecule has 1 aliphatic rings. The lowest BCUT2D eigenvalue weighted by molar-refractivity contribution is 0.300. The first-order valence-electron chi connectivity index (χ1n) is 6.06. The molecule has 0 aliphatic carbocycles. The zero-order chi connectivity index (χ0) is 13.0. The second kappa shape index (κ2) is 6.16. The van der Waals surface area contributed by atoms with Gasteiger partial charge in [0, 0.05) is 30.2 Å². The Labute approximate surface area is 112 Å². The summed E-state index contributed by atoms with van der Waals surface area (Å²) >= 11 is 1.83. The molecular weight excluding hydrogens is 246 g/mol. The van der Waals surface area contributed by atoms with Gasteiger partial charge in [-0.15, -0.1) is 11.8 Å². The van der Waals surface area contributed by atoms with Gasteiger partial charge in [0.15, 0.2) is 0 Å². The van der Waals surface area contributed by atoms with Gasteiger partial charge in [0.05, 0.1) is 13.0 Å². The van der Waals surface area contributed by atoms with Crippen LogP contribution in [0.2, 0.25) is 0 Å². The van der Waals surface area contributed by atoms with Crippen LogP contribution in [0, 0.1) is 0 Å². The molecule has 2 rings (SSSR count). The van der Waals surface area contributed by atoms with E-state index in [1.165, 1.54) is 16.2 Å². The van der Waals surface area contributed by atoms with Crippen LogP contribution in [-0.4, -0.2) is 29.6 Å². The number of hydrogen-bond donors (Lipinski definition) is 1. The van der Waals surface area contributed by atoms with Gasteiger partial charge in [-0.05, 0) is 24.6 Å². The first-order valence-corrected chi connectivity index (χ1v) is 7.04. The molecule has 0 saturated carbocycles. The van der Waals surface area contributed by atoms with Gasteiger partial charge >= 0.3 is 0 Å². The van der Waals surface area contributed by atoms with E-state index in [0.29, 0.717) is 0 Å². The fourth-order valence-corrected chi connectivity index (χ4v) is 3.21. The topological polar surface area (TPSA) is 32.7 Å². The maximum absolute atomic E-state index is 9.01. The van der Waals surface area contributed by atoms with Crippen molar-refractivity contribution in [2.24, 2.45) is 0 Å². The summed E-state index contributed by atoms with van der Waals surface area (Å²) in [5.41, 5.74) is 2.54. The number of benzene rings is 1. The highest BCUT2D eigenvalue weighted by atomic mass is 32.2. The first kappa shape index (κ1) is 13.3. The van der Waals surface area contributed by atoms with Crippen molar-refractivity contribution in [3.8, 4) is 5.75 Å². The second-order valence-electron chi connectivity index (χ2n) is 4.31. The van der Waals surface area contributed by atoms with E-state index in [1.807, 2.05) is 23.9 Å². The molecule has 0 aromatic heterocycles. The summed E-state index contributed by atoms with van der Waals surface area (Å²) < 4.78 is 5.24. The van der Waals surface area contributed by atoms with Crippen LogP contribution in [-0.2, 0) is 6.54 Å². The molecule has 0 bridgehead atoms. The minimum Gasteiger partial charge on any atom is -0.497 e.